The molecule has 2 aromatic heterocycles. The molecule has 0 aliphatic carbocycles. The van der Waals surface area contributed by atoms with Crippen LogP contribution < -0.4 is 4.90 Å². The molecule has 14 rings (SSSR count). The van der Waals surface area contributed by atoms with Gasteiger partial charge in [0.1, 0.15) is 5.58 Å². The van der Waals surface area contributed by atoms with Crippen LogP contribution in [0.2, 0.25) is 0 Å². The Hall–Kier alpha value is -9.18. The normalized spacial score (nSPS) is 11.8. The van der Waals surface area contributed by atoms with E-state index < -0.39 is 0 Å². The van der Waals surface area contributed by atoms with Crippen LogP contribution in [-0.4, -0.2) is 4.57 Å². The molecule has 3 nitrogen and oxygen atoms in total. The third-order valence-electron chi connectivity index (χ3n) is 14.2. The molecule has 0 aliphatic rings. The number of furan rings is 1. The van der Waals surface area contributed by atoms with Gasteiger partial charge in [0.25, 0.3) is 0 Å². The minimum absolute atomic E-state index is 0.844. The molecule has 0 atom stereocenters. The van der Waals surface area contributed by atoms with E-state index in [4.69, 9.17) is 4.42 Å². The second-order valence-electron chi connectivity index (χ2n) is 18.0. The fourth-order valence-electron chi connectivity index (χ4n) is 10.9. The summed E-state index contributed by atoms with van der Waals surface area (Å²) in [5, 5.41) is 11.9. The topological polar surface area (TPSA) is 21.3 Å². The molecule has 69 heavy (non-hydrogen) atoms. The lowest BCUT2D eigenvalue weighted by Gasteiger charge is -2.26. The fourth-order valence-corrected chi connectivity index (χ4v) is 10.9. The average molecular weight is 879 g/mol. The lowest BCUT2D eigenvalue weighted by molar-refractivity contribution is 0.673. The first kappa shape index (κ1) is 39.0. The molecule has 12 aromatic carbocycles. The standard InChI is InChI=1S/C66H42N2O/c1-3-15-44(16-4-1)53-38-40-63(66-64(53)58-37-31-45-17-7-10-22-54(45)65(58)69-66)67(51-35-29-46(30-36-51)59-42-48-18-8-9-21-52(48)55-23-11-12-24-56(55)59)50-33-27-43(28-34-50)47-32-39-62-60(41-47)57-25-13-14-26-61(57)68(62)49-19-5-2-6-20-49/h1-42H. The van der Waals surface area contributed by atoms with Crippen molar-refractivity contribution in [3.8, 4) is 39.1 Å². The van der Waals surface area contributed by atoms with Crippen molar-refractivity contribution < 1.29 is 4.42 Å². The summed E-state index contributed by atoms with van der Waals surface area (Å²) >= 11 is 0. The van der Waals surface area contributed by atoms with Crippen molar-refractivity contribution in [2.75, 3.05) is 4.90 Å². The van der Waals surface area contributed by atoms with Gasteiger partial charge < -0.3 is 13.9 Å². The third-order valence-corrected chi connectivity index (χ3v) is 14.2. The van der Waals surface area contributed by atoms with Crippen LogP contribution in [0, 0.1) is 0 Å². The highest BCUT2D eigenvalue weighted by Crippen LogP contribution is 2.48. The van der Waals surface area contributed by atoms with Crippen LogP contribution in [-0.2, 0) is 0 Å². The highest BCUT2D eigenvalue weighted by molar-refractivity contribution is 6.22. The molecule has 0 spiro atoms. The number of benzene rings is 12. The van der Waals surface area contributed by atoms with Gasteiger partial charge in [0.15, 0.2) is 5.58 Å². The molecule has 0 aliphatic heterocycles. The summed E-state index contributed by atoms with van der Waals surface area (Å²) in [6.45, 7) is 0. The SMILES string of the molecule is c1ccc(-c2ccc(N(c3ccc(-c4ccc5c(c4)c4ccccc4n5-c4ccccc4)cc3)c3ccc(-c4cc5ccccc5c5ccccc45)cc3)c3oc4c5ccccc5ccc4c23)cc1. The molecule has 3 heteroatoms. The molecule has 0 amide bonds. The van der Waals surface area contributed by atoms with Crippen LogP contribution in [0.5, 0.6) is 0 Å². The van der Waals surface area contributed by atoms with Crippen molar-refractivity contribution in [2.24, 2.45) is 0 Å². The number of hydrogen-bond donors (Lipinski definition) is 0. The van der Waals surface area contributed by atoms with Gasteiger partial charge in [-0.25, -0.2) is 0 Å². The first-order valence-electron chi connectivity index (χ1n) is 23.7. The zero-order valence-electron chi connectivity index (χ0n) is 37.6. The Balaban J connectivity index is 0.954. The number of aromatic nitrogens is 1. The number of hydrogen-bond acceptors (Lipinski definition) is 2. The van der Waals surface area contributed by atoms with Gasteiger partial charge in [0, 0.05) is 44.0 Å². The van der Waals surface area contributed by atoms with Gasteiger partial charge in [-0.2, -0.15) is 0 Å². The van der Waals surface area contributed by atoms with E-state index in [-0.39, 0.29) is 0 Å². The third kappa shape index (κ3) is 6.29. The number of fused-ring (bicyclic) bond motifs is 11. The highest BCUT2D eigenvalue weighted by Gasteiger charge is 2.24. The first-order chi connectivity index (χ1) is 34.2. The van der Waals surface area contributed by atoms with Crippen molar-refractivity contribution >= 4 is 93.1 Å². The van der Waals surface area contributed by atoms with Crippen LogP contribution in [0.25, 0.3) is 115 Å². The average Bonchev–Trinajstić information content (AvgIpc) is 3.99. The quantitative estimate of drug-likeness (QED) is 0.149. The molecule has 0 bridgehead atoms. The van der Waals surface area contributed by atoms with Crippen LogP contribution in [0.1, 0.15) is 0 Å². The largest absolute Gasteiger partial charge is 0.453 e. The fraction of sp³-hybridized carbons (Fsp3) is 0. The van der Waals surface area contributed by atoms with E-state index in [1.165, 1.54) is 60.0 Å². The molecular weight excluding hydrogens is 837 g/mol. The van der Waals surface area contributed by atoms with Gasteiger partial charge in [0.2, 0.25) is 0 Å². The molecular formula is C66H42N2O. The minimum atomic E-state index is 0.844. The monoisotopic (exact) mass is 878 g/mol. The van der Waals surface area contributed by atoms with Crippen molar-refractivity contribution in [1.82, 2.24) is 4.57 Å². The highest BCUT2D eigenvalue weighted by atomic mass is 16.3. The first-order valence-corrected chi connectivity index (χ1v) is 23.7. The Kier molecular flexibility index (Phi) is 8.90. The van der Waals surface area contributed by atoms with E-state index in [0.717, 1.165) is 72.2 Å². The smallest absolute Gasteiger partial charge is 0.160 e. The maximum atomic E-state index is 7.22. The van der Waals surface area contributed by atoms with Crippen molar-refractivity contribution in [1.29, 1.82) is 0 Å². The number of para-hydroxylation sites is 2. The molecule has 0 saturated carbocycles. The Morgan fingerprint density at radius 2 is 0.884 bits per heavy atom. The molecule has 14 aromatic rings. The van der Waals surface area contributed by atoms with E-state index >= 15 is 0 Å². The predicted octanol–water partition coefficient (Wildman–Crippen LogP) is 18.6. The van der Waals surface area contributed by atoms with E-state index in [2.05, 4.69) is 264 Å². The number of anilines is 3. The maximum Gasteiger partial charge on any atom is 0.160 e. The van der Waals surface area contributed by atoms with Crippen LogP contribution in [0.4, 0.5) is 17.1 Å². The summed E-state index contributed by atoms with van der Waals surface area (Å²) in [7, 11) is 0. The summed E-state index contributed by atoms with van der Waals surface area (Å²) in [5.41, 5.74) is 15.3. The molecule has 0 radical (unpaired) electrons. The summed E-state index contributed by atoms with van der Waals surface area (Å²) in [6, 6.07) is 92.3. The van der Waals surface area contributed by atoms with E-state index in [9.17, 15) is 0 Å². The molecule has 322 valence electrons. The number of nitrogens with zero attached hydrogens (tertiary/aromatic N) is 2. The lowest BCUT2D eigenvalue weighted by atomic mass is 9.93. The minimum Gasteiger partial charge on any atom is -0.453 e. The maximum absolute atomic E-state index is 7.22. The van der Waals surface area contributed by atoms with E-state index in [1.807, 2.05) is 0 Å². The van der Waals surface area contributed by atoms with Gasteiger partial charge in [0.05, 0.1) is 16.7 Å². The lowest BCUT2D eigenvalue weighted by Crippen LogP contribution is -2.10. The Morgan fingerprint density at radius 1 is 0.304 bits per heavy atom. The second-order valence-corrected chi connectivity index (χ2v) is 18.0. The predicted molar refractivity (Wildman–Crippen MR) is 292 cm³/mol. The Bertz CT molecular complexity index is 4280. The van der Waals surface area contributed by atoms with E-state index in [0.29, 0.717) is 0 Å². The molecule has 0 unspecified atom stereocenters. The Labute approximate surface area is 399 Å². The van der Waals surface area contributed by atoms with Crippen molar-refractivity contribution in [3.63, 3.8) is 0 Å². The van der Waals surface area contributed by atoms with Gasteiger partial charge in [-0.05, 0) is 133 Å². The molecule has 0 fully saturated rings. The van der Waals surface area contributed by atoms with Gasteiger partial charge in [-0.15, -0.1) is 0 Å². The van der Waals surface area contributed by atoms with Crippen LogP contribution in [0.15, 0.2) is 259 Å². The van der Waals surface area contributed by atoms with E-state index in [1.54, 1.807) is 0 Å². The van der Waals surface area contributed by atoms with Crippen LogP contribution in [0.3, 0.4) is 0 Å². The summed E-state index contributed by atoms with van der Waals surface area (Å²) in [4.78, 5) is 2.37. The number of rotatable bonds is 7. The molecule has 0 saturated heterocycles. The zero-order valence-corrected chi connectivity index (χ0v) is 37.6. The van der Waals surface area contributed by atoms with Crippen molar-refractivity contribution in [3.05, 3.63) is 255 Å². The molecule has 0 N–H and O–H groups in total. The van der Waals surface area contributed by atoms with Gasteiger partial charge >= 0.3 is 0 Å². The summed E-state index contributed by atoms with van der Waals surface area (Å²) in [6.07, 6.45) is 0. The van der Waals surface area contributed by atoms with Crippen molar-refractivity contribution in [2.45, 2.75) is 0 Å². The van der Waals surface area contributed by atoms with Gasteiger partial charge in [-0.3, -0.25) is 0 Å². The molecule has 2 heterocycles. The summed E-state index contributed by atoms with van der Waals surface area (Å²) in [5.74, 6) is 0. The Morgan fingerprint density at radius 3 is 1.65 bits per heavy atom. The second kappa shape index (κ2) is 15.7. The summed E-state index contributed by atoms with van der Waals surface area (Å²) < 4.78 is 9.59. The zero-order chi connectivity index (χ0) is 45.4. The van der Waals surface area contributed by atoms with Gasteiger partial charge in [-0.1, -0.05) is 182 Å². The van der Waals surface area contributed by atoms with Crippen LogP contribution >= 0.6 is 0 Å².